The molecule has 3 aromatic rings. The van der Waals surface area contributed by atoms with Gasteiger partial charge >= 0.3 is 0 Å². The summed E-state index contributed by atoms with van der Waals surface area (Å²) in [5, 5.41) is 4.91. The third kappa shape index (κ3) is 4.80. The van der Waals surface area contributed by atoms with Crippen LogP contribution in [0.2, 0.25) is 0 Å². The molecule has 0 spiro atoms. The molecule has 4 rings (SSSR count). The molecule has 0 fully saturated rings. The van der Waals surface area contributed by atoms with Crippen LogP contribution in [0, 0.1) is 0 Å². The van der Waals surface area contributed by atoms with Gasteiger partial charge in [-0.25, -0.2) is 17.7 Å². The largest absolute Gasteiger partial charge is 0.348 e. The number of carbonyl (C=O) groups is 1. The second-order valence-electron chi connectivity index (χ2n) is 7.66. The minimum Gasteiger partial charge on any atom is -0.348 e. The number of hydrogen-bond acceptors (Lipinski definition) is 5. The first-order chi connectivity index (χ1) is 14.9. The summed E-state index contributed by atoms with van der Waals surface area (Å²) in [4.78, 5) is 17.1. The molecule has 1 N–H and O–H groups in total. The van der Waals surface area contributed by atoms with Gasteiger partial charge in [-0.2, -0.15) is 0 Å². The maximum Gasteiger partial charge on any atom is 0.266 e. The van der Waals surface area contributed by atoms with Gasteiger partial charge in [0.25, 0.3) is 10.0 Å². The fourth-order valence-corrected chi connectivity index (χ4v) is 6.10. The molecule has 1 amide bonds. The van der Waals surface area contributed by atoms with Crippen molar-refractivity contribution in [1.82, 2.24) is 10.3 Å². The van der Waals surface area contributed by atoms with Crippen LogP contribution in [0.3, 0.4) is 0 Å². The van der Waals surface area contributed by atoms with Crippen LogP contribution in [0.4, 0.5) is 5.13 Å². The lowest BCUT2D eigenvalue weighted by molar-refractivity contribution is -0.120. The van der Waals surface area contributed by atoms with E-state index >= 15 is 0 Å². The van der Waals surface area contributed by atoms with Crippen molar-refractivity contribution in [2.75, 3.05) is 10.8 Å². The van der Waals surface area contributed by atoms with Crippen molar-refractivity contribution in [2.24, 2.45) is 0 Å². The summed E-state index contributed by atoms with van der Waals surface area (Å²) >= 11 is 1.18. The molecule has 1 aromatic heterocycles. The minimum atomic E-state index is -3.91. The van der Waals surface area contributed by atoms with Gasteiger partial charge in [-0.15, -0.1) is 11.3 Å². The maximum absolute atomic E-state index is 13.2. The Balaban J connectivity index is 1.52. The standard InChI is InChI=1S/C23H25N3O3S2/c1-17(19-12-11-18-7-5-6-8-20(18)15-19)25-22(27)16-26(23-24-13-14-30-23)31(28,29)21-9-3-2-4-10-21/h2-4,9-15,17H,5-8,16H2,1H3,(H,25,27)/t17-/m1/s1. The summed E-state index contributed by atoms with van der Waals surface area (Å²) in [5.41, 5.74) is 3.76. The van der Waals surface area contributed by atoms with Gasteiger partial charge < -0.3 is 5.32 Å². The zero-order chi connectivity index (χ0) is 21.8. The van der Waals surface area contributed by atoms with Crippen molar-refractivity contribution in [3.63, 3.8) is 0 Å². The molecular weight excluding hydrogens is 430 g/mol. The van der Waals surface area contributed by atoms with Gasteiger partial charge in [0, 0.05) is 11.6 Å². The van der Waals surface area contributed by atoms with Gasteiger partial charge in [0.05, 0.1) is 10.9 Å². The molecule has 162 valence electrons. The minimum absolute atomic E-state index is 0.126. The van der Waals surface area contributed by atoms with Crippen LogP contribution in [-0.4, -0.2) is 25.9 Å². The van der Waals surface area contributed by atoms with Crippen molar-refractivity contribution in [1.29, 1.82) is 0 Å². The predicted octanol–water partition coefficient (Wildman–Crippen LogP) is 4.09. The summed E-state index contributed by atoms with van der Waals surface area (Å²) in [7, 11) is -3.91. The number of anilines is 1. The number of rotatable bonds is 7. The van der Waals surface area contributed by atoms with Gasteiger partial charge in [-0.1, -0.05) is 36.4 Å². The first-order valence-electron chi connectivity index (χ1n) is 10.3. The number of nitrogens with zero attached hydrogens (tertiary/aromatic N) is 2. The van der Waals surface area contributed by atoms with Gasteiger partial charge in [0.15, 0.2) is 5.13 Å². The smallest absolute Gasteiger partial charge is 0.266 e. The molecule has 0 saturated carbocycles. The van der Waals surface area contributed by atoms with Gasteiger partial charge in [0.2, 0.25) is 5.91 Å². The lowest BCUT2D eigenvalue weighted by atomic mass is 9.89. The number of nitrogens with one attached hydrogen (secondary N) is 1. The lowest BCUT2D eigenvalue weighted by Crippen LogP contribution is -2.41. The Morgan fingerprint density at radius 1 is 1.13 bits per heavy atom. The molecular formula is C23H25N3O3S2. The van der Waals surface area contributed by atoms with E-state index in [1.54, 1.807) is 23.6 Å². The summed E-state index contributed by atoms with van der Waals surface area (Å²) < 4.78 is 27.5. The van der Waals surface area contributed by atoms with Crippen molar-refractivity contribution in [2.45, 2.75) is 43.5 Å². The molecule has 6 nitrogen and oxygen atoms in total. The summed E-state index contributed by atoms with van der Waals surface area (Å²) in [6, 6.07) is 14.2. The van der Waals surface area contributed by atoms with Crippen LogP contribution in [0.5, 0.6) is 0 Å². The average molecular weight is 456 g/mol. The topological polar surface area (TPSA) is 79.4 Å². The van der Waals surface area contributed by atoms with Crippen molar-refractivity contribution >= 4 is 32.4 Å². The number of carbonyl (C=O) groups excluding carboxylic acids is 1. The zero-order valence-corrected chi connectivity index (χ0v) is 19.0. The van der Waals surface area contributed by atoms with Crippen LogP contribution in [0.1, 0.15) is 42.5 Å². The second-order valence-corrected chi connectivity index (χ2v) is 10.4. The first kappa shape index (κ1) is 21.5. The monoisotopic (exact) mass is 455 g/mol. The molecule has 31 heavy (non-hydrogen) atoms. The summed E-state index contributed by atoms with van der Waals surface area (Å²) in [6.45, 7) is 1.59. The molecule has 0 radical (unpaired) electrons. The Kier molecular flexibility index (Phi) is 6.38. The molecule has 8 heteroatoms. The molecule has 0 saturated heterocycles. The predicted molar refractivity (Wildman–Crippen MR) is 123 cm³/mol. The molecule has 1 atom stereocenters. The van der Waals surface area contributed by atoms with E-state index in [-0.39, 0.29) is 28.5 Å². The van der Waals surface area contributed by atoms with Crippen molar-refractivity contribution in [3.05, 3.63) is 76.8 Å². The van der Waals surface area contributed by atoms with Gasteiger partial charge in [-0.05, 0) is 61.4 Å². The highest BCUT2D eigenvalue weighted by Crippen LogP contribution is 2.27. The highest BCUT2D eigenvalue weighted by atomic mass is 32.2. The molecule has 0 unspecified atom stereocenters. The highest BCUT2D eigenvalue weighted by Gasteiger charge is 2.29. The van der Waals surface area contributed by atoms with E-state index in [9.17, 15) is 13.2 Å². The normalized spacial score (nSPS) is 14.5. The van der Waals surface area contributed by atoms with Crippen LogP contribution in [-0.2, 0) is 27.7 Å². The van der Waals surface area contributed by atoms with Crippen LogP contribution >= 0.6 is 11.3 Å². The number of aryl methyl sites for hydroxylation is 2. The van der Waals surface area contributed by atoms with Crippen LogP contribution < -0.4 is 9.62 Å². The van der Waals surface area contributed by atoms with E-state index in [0.29, 0.717) is 0 Å². The molecule has 0 bridgehead atoms. The van der Waals surface area contributed by atoms with E-state index < -0.39 is 10.0 Å². The van der Waals surface area contributed by atoms with E-state index in [4.69, 9.17) is 0 Å². The number of aromatic nitrogens is 1. The van der Waals surface area contributed by atoms with Crippen LogP contribution in [0.25, 0.3) is 0 Å². The molecule has 0 aliphatic heterocycles. The number of amides is 1. The Bertz CT molecular complexity index is 1150. The SMILES string of the molecule is C[C@@H](NC(=O)CN(c1nccs1)S(=O)(=O)c1ccccc1)c1ccc2c(c1)CCCC2. The van der Waals surface area contributed by atoms with Gasteiger partial charge in [0.1, 0.15) is 6.54 Å². The maximum atomic E-state index is 13.2. The average Bonchev–Trinajstić information content (AvgIpc) is 3.32. The van der Waals surface area contributed by atoms with E-state index in [1.807, 2.05) is 6.92 Å². The Morgan fingerprint density at radius 3 is 2.58 bits per heavy atom. The number of sulfonamides is 1. The second kappa shape index (κ2) is 9.20. The Hall–Kier alpha value is -2.71. The van der Waals surface area contributed by atoms with Crippen molar-refractivity contribution in [3.8, 4) is 0 Å². The Labute approximate surface area is 187 Å². The third-order valence-electron chi connectivity index (χ3n) is 5.50. The first-order valence-corrected chi connectivity index (χ1v) is 12.7. The van der Waals surface area contributed by atoms with E-state index in [1.165, 1.54) is 53.6 Å². The molecule has 1 aliphatic carbocycles. The lowest BCUT2D eigenvalue weighted by Gasteiger charge is -2.23. The number of fused-ring (bicyclic) bond motifs is 1. The van der Waals surface area contributed by atoms with E-state index in [2.05, 4.69) is 28.5 Å². The highest BCUT2D eigenvalue weighted by molar-refractivity contribution is 7.93. The summed E-state index contributed by atoms with van der Waals surface area (Å²) in [5.74, 6) is -0.375. The van der Waals surface area contributed by atoms with Crippen molar-refractivity contribution < 1.29 is 13.2 Å². The third-order valence-corrected chi connectivity index (χ3v) is 8.16. The van der Waals surface area contributed by atoms with Crippen LogP contribution in [0.15, 0.2) is 65.0 Å². The summed E-state index contributed by atoms with van der Waals surface area (Å²) in [6.07, 6.45) is 6.12. The number of benzene rings is 2. The zero-order valence-electron chi connectivity index (χ0n) is 17.3. The van der Waals surface area contributed by atoms with Gasteiger partial charge in [-0.3, -0.25) is 4.79 Å². The quantitative estimate of drug-likeness (QED) is 0.582. The number of thiazole rings is 1. The molecule has 2 aromatic carbocycles. The molecule has 1 aliphatic rings. The fraction of sp³-hybridized carbons (Fsp3) is 0.304. The molecule has 1 heterocycles. The Morgan fingerprint density at radius 2 is 1.87 bits per heavy atom. The fourth-order valence-electron chi connectivity index (χ4n) is 3.84. The number of hydrogen-bond donors (Lipinski definition) is 1. The van der Waals surface area contributed by atoms with E-state index in [0.717, 1.165) is 22.7 Å².